The Morgan fingerprint density at radius 2 is 1.72 bits per heavy atom. The Morgan fingerprint density at radius 1 is 1.06 bits per heavy atom. The number of nitrogens with zero attached hydrogens (tertiary/aromatic N) is 2. The molecule has 3 aromatic rings. The number of rotatable bonds is 9. The van der Waals surface area contributed by atoms with Crippen LogP contribution in [-0.2, 0) is 14.8 Å². The second-order valence-electron chi connectivity index (χ2n) is 12.6. The number of likely N-dealkylation sites (N-methyl/N-ethyl adjacent to an activating group) is 1. The van der Waals surface area contributed by atoms with Gasteiger partial charge in [-0.05, 0) is 99.8 Å². The second kappa shape index (κ2) is 17.6. The highest BCUT2D eigenvalue weighted by atomic mass is 32.2. The Kier molecular flexibility index (Phi) is 13.6. The van der Waals surface area contributed by atoms with Crippen LogP contribution in [0.5, 0.6) is 11.5 Å². The van der Waals surface area contributed by atoms with Gasteiger partial charge in [-0.2, -0.15) is 4.31 Å². The van der Waals surface area contributed by atoms with Gasteiger partial charge < -0.3 is 34.9 Å². The van der Waals surface area contributed by atoms with Gasteiger partial charge in [0.1, 0.15) is 17.3 Å². The number of hydrogen-bond acceptors (Lipinski definition) is 8. The lowest BCUT2D eigenvalue weighted by Crippen LogP contribution is -2.48. The first-order valence-corrected chi connectivity index (χ1v) is 18.0. The number of sulfonamides is 1. The molecule has 272 valence electrons. The summed E-state index contributed by atoms with van der Waals surface area (Å²) in [7, 11) is -0.976. The maximum absolute atomic E-state index is 14.4. The number of fused-ring (bicyclic) bond motifs is 1. The van der Waals surface area contributed by atoms with Crippen LogP contribution in [0.4, 0.5) is 20.6 Å². The number of benzene rings is 3. The van der Waals surface area contributed by atoms with Gasteiger partial charge in [0.2, 0.25) is 10.0 Å². The number of carbonyl (C=O) groups excluding carboxylic acids is 2. The summed E-state index contributed by atoms with van der Waals surface area (Å²) in [6.07, 6.45) is 1.24. The largest absolute Gasteiger partial charge is 0.497 e. The Balaban J connectivity index is 1.61. The van der Waals surface area contributed by atoms with Gasteiger partial charge in [0.05, 0.1) is 42.4 Å². The molecule has 0 bridgehead atoms. The van der Waals surface area contributed by atoms with Gasteiger partial charge in [-0.25, -0.2) is 17.6 Å². The van der Waals surface area contributed by atoms with Crippen LogP contribution >= 0.6 is 0 Å². The minimum Gasteiger partial charge on any atom is -0.497 e. The average molecular weight is 715 g/mol. The third-order valence-corrected chi connectivity index (χ3v) is 10.5. The van der Waals surface area contributed by atoms with Gasteiger partial charge in [-0.1, -0.05) is 6.92 Å². The number of ether oxygens (including phenoxy) is 3. The summed E-state index contributed by atoms with van der Waals surface area (Å²) in [5.74, 6) is -0.393. The van der Waals surface area contributed by atoms with E-state index >= 15 is 0 Å². The first-order chi connectivity index (χ1) is 23.8. The van der Waals surface area contributed by atoms with Crippen LogP contribution in [0.15, 0.2) is 71.6 Å². The Bertz CT molecular complexity index is 1690. The van der Waals surface area contributed by atoms with E-state index in [0.29, 0.717) is 42.3 Å². The molecule has 0 unspecified atom stereocenters. The first-order valence-electron chi connectivity index (χ1n) is 16.6. The predicted molar refractivity (Wildman–Crippen MR) is 189 cm³/mol. The van der Waals surface area contributed by atoms with Gasteiger partial charge in [-0.15, -0.1) is 0 Å². The van der Waals surface area contributed by atoms with Crippen LogP contribution in [0.2, 0.25) is 0 Å². The molecule has 3 amide bonds. The SMILES string of the molecule is COc1ccc(NC(=O)Nc2ccc3c(c2)C(=O)N([C@H](C)CO)C[C@@H](C)[C@@H](CN(C)S(=O)(=O)c2ccc(F)cc2)OCCCC[C@H](C)O3)cc1. The number of halogens is 1. The monoisotopic (exact) mass is 714 g/mol. The molecule has 1 aliphatic rings. The van der Waals surface area contributed by atoms with E-state index in [2.05, 4.69) is 10.6 Å². The molecule has 12 nitrogen and oxygen atoms in total. The zero-order valence-electron chi connectivity index (χ0n) is 29.1. The quantitative estimate of drug-likeness (QED) is 0.260. The third kappa shape index (κ3) is 10.2. The molecule has 0 saturated heterocycles. The molecule has 1 heterocycles. The standard InChI is InChI=1S/C36H47FN4O8S/c1-24-21-41(25(2)23-42)35(43)32-20-29(39-36(44)38-28-11-14-30(47-5)15-12-28)13-18-33(32)49-26(3)8-6-7-19-48-34(24)22-40(4)50(45,46)31-16-9-27(37)10-17-31/h9-18,20,24-26,34,42H,6-8,19,21-23H2,1-5H3,(H2,38,39,44)/t24-,25-,26+,34-/m1/s1. The summed E-state index contributed by atoms with van der Waals surface area (Å²) in [4.78, 5) is 28.7. The zero-order chi connectivity index (χ0) is 36.4. The molecule has 0 saturated carbocycles. The summed E-state index contributed by atoms with van der Waals surface area (Å²) in [6, 6.07) is 15.1. The molecule has 0 radical (unpaired) electrons. The molecule has 3 aromatic carbocycles. The maximum atomic E-state index is 14.4. The van der Waals surface area contributed by atoms with E-state index in [1.54, 1.807) is 56.5 Å². The van der Waals surface area contributed by atoms with Crippen molar-refractivity contribution in [3.63, 3.8) is 0 Å². The Labute approximate surface area is 293 Å². The van der Waals surface area contributed by atoms with E-state index < -0.39 is 39.9 Å². The summed E-state index contributed by atoms with van der Waals surface area (Å²) in [5, 5.41) is 15.7. The lowest BCUT2D eigenvalue weighted by Gasteiger charge is -2.35. The fraction of sp³-hybridized carbons (Fsp3) is 0.444. The van der Waals surface area contributed by atoms with E-state index in [0.717, 1.165) is 18.6 Å². The van der Waals surface area contributed by atoms with Crippen molar-refractivity contribution in [3.05, 3.63) is 78.1 Å². The van der Waals surface area contributed by atoms with Gasteiger partial charge in [-0.3, -0.25) is 4.79 Å². The summed E-state index contributed by atoms with van der Waals surface area (Å²) < 4.78 is 59.1. The molecular formula is C36H47FN4O8S. The molecule has 4 atom stereocenters. The van der Waals surface area contributed by atoms with Gasteiger partial charge >= 0.3 is 6.03 Å². The first kappa shape index (κ1) is 38.6. The highest BCUT2D eigenvalue weighted by Crippen LogP contribution is 2.29. The van der Waals surface area contributed by atoms with Crippen molar-refractivity contribution in [1.29, 1.82) is 0 Å². The summed E-state index contributed by atoms with van der Waals surface area (Å²) >= 11 is 0. The number of aliphatic hydroxyl groups is 1. The highest BCUT2D eigenvalue weighted by Gasteiger charge is 2.32. The molecule has 50 heavy (non-hydrogen) atoms. The van der Waals surface area contributed by atoms with Crippen LogP contribution in [0.3, 0.4) is 0 Å². The molecule has 0 spiro atoms. The summed E-state index contributed by atoms with van der Waals surface area (Å²) in [6.45, 7) is 5.59. The third-order valence-electron chi connectivity index (χ3n) is 8.62. The van der Waals surface area contributed by atoms with Crippen molar-refractivity contribution in [1.82, 2.24) is 9.21 Å². The van der Waals surface area contributed by atoms with Crippen LogP contribution in [0, 0.1) is 11.7 Å². The normalized spacial score (nSPS) is 19.9. The molecule has 0 fully saturated rings. The second-order valence-corrected chi connectivity index (χ2v) is 14.6. The van der Waals surface area contributed by atoms with E-state index in [4.69, 9.17) is 14.2 Å². The fourth-order valence-electron chi connectivity index (χ4n) is 5.57. The van der Waals surface area contributed by atoms with Gasteiger partial charge in [0, 0.05) is 44.0 Å². The Hall–Kier alpha value is -4.24. The van der Waals surface area contributed by atoms with Crippen molar-refractivity contribution >= 4 is 33.3 Å². The van der Waals surface area contributed by atoms with E-state index in [9.17, 15) is 27.5 Å². The number of hydrogen-bond donors (Lipinski definition) is 3. The van der Waals surface area contributed by atoms with Crippen LogP contribution in [-0.4, -0.2) is 93.4 Å². The Morgan fingerprint density at radius 3 is 2.38 bits per heavy atom. The topological polar surface area (TPSA) is 147 Å². The number of methoxy groups -OCH3 is 1. The minimum absolute atomic E-state index is 0.0239. The number of amides is 3. The summed E-state index contributed by atoms with van der Waals surface area (Å²) in [5.41, 5.74) is 1.08. The van der Waals surface area contributed by atoms with Crippen molar-refractivity contribution in [2.75, 3.05) is 51.1 Å². The van der Waals surface area contributed by atoms with Gasteiger partial charge in [0.25, 0.3) is 5.91 Å². The van der Waals surface area contributed by atoms with Crippen molar-refractivity contribution in [3.8, 4) is 11.5 Å². The molecule has 0 aliphatic carbocycles. The number of anilines is 2. The van der Waals surface area contributed by atoms with E-state index in [-0.39, 0.29) is 42.2 Å². The lowest BCUT2D eigenvalue weighted by atomic mass is 10.0. The number of carbonyl (C=O) groups is 2. The molecule has 0 aromatic heterocycles. The van der Waals surface area contributed by atoms with Crippen LogP contribution in [0.1, 0.15) is 50.4 Å². The number of nitrogens with one attached hydrogen (secondary N) is 2. The van der Waals surface area contributed by atoms with Crippen molar-refractivity contribution < 1.29 is 41.7 Å². The predicted octanol–water partition coefficient (Wildman–Crippen LogP) is 5.59. The molecule has 1 aliphatic heterocycles. The fourth-order valence-corrected chi connectivity index (χ4v) is 6.75. The van der Waals surface area contributed by atoms with Crippen molar-refractivity contribution in [2.45, 2.75) is 63.2 Å². The smallest absolute Gasteiger partial charge is 0.323 e. The lowest BCUT2D eigenvalue weighted by molar-refractivity contribution is -0.00834. The maximum Gasteiger partial charge on any atom is 0.323 e. The molecule has 4 rings (SSSR count). The van der Waals surface area contributed by atoms with Crippen molar-refractivity contribution in [2.24, 2.45) is 5.92 Å². The van der Waals surface area contributed by atoms with Gasteiger partial charge in [0.15, 0.2) is 0 Å². The average Bonchev–Trinajstić information content (AvgIpc) is 3.09. The highest BCUT2D eigenvalue weighted by molar-refractivity contribution is 7.89. The number of urea groups is 1. The molecular weight excluding hydrogens is 667 g/mol. The zero-order valence-corrected chi connectivity index (χ0v) is 29.9. The molecule has 3 N–H and O–H groups in total. The number of aliphatic hydroxyl groups excluding tert-OH is 1. The van der Waals surface area contributed by atoms with Crippen LogP contribution < -0.4 is 20.1 Å². The van der Waals surface area contributed by atoms with E-state index in [1.807, 2.05) is 13.8 Å². The minimum atomic E-state index is -3.97. The van der Waals surface area contributed by atoms with Crippen LogP contribution in [0.25, 0.3) is 0 Å². The van der Waals surface area contributed by atoms with E-state index in [1.165, 1.54) is 28.4 Å². The molecule has 14 heteroatoms.